The van der Waals surface area contributed by atoms with Crippen LogP contribution in [-0.2, 0) is 14.2 Å². The summed E-state index contributed by atoms with van der Waals surface area (Å²) in [5, 5.41) is 0. The predicted molar refractivity (Wildman–Crippen MR) is 97.0 cm³/mol. The number of hydrogen-bond donors (Lipinski definition) is 0. The van der Waals surface area contributed by atoms with E-state index in [9.17, 15) is 0 Å². The Labute approximate surface area is 144 Å². The van der Waals surface area contributed by atoms with Crippen LogP contribution < -0.4 is 0 Å². The highest BCUT2D eigenvalue weighted by Gasteiger charge is 2.40. The van der Waals surface area contributed by atoms with E-state index in [4.69, 9.17) is 14.2 Å². The average Bonchev–Trinajstić information content (AvgIpc) is 3.34. The van der Waals surface area contributed by atoms with Gasteiger partial charge in [-0.05, 0) is 38.5 Å². The Kier molecular flexibility index (Phi) is 9.72. The molecule has 1 rings (SSSR count). The molecule has 1 aliphatic heterocycles. The van der Waals surface area contributed by atoms with Crippen LogP contribution in [0.2, 0.25) is 0 Å². The minimum absolute atomic E-state index is 0.0873. The zero-order valence-electron chi connectivity index (χ0n) is 16.3. The highest BCUT2D eigenvalue weighted by molar-refractivity contribution is 4.91. The van der Waals surface area contributed by atoms with Crippen molar-refractivity contribution in [2.75, 3.05) is 26.9 Å². The second kappa shape index (κ2) is 10.7. The van der Waals surface area contributed by atoms with Crippen LogP contribution in [0.3, 0.4) is 0 Å². The van der Waals surface area contributed by atoms with E-state index < -0.39 is 0 Å². The van der Waals surface area contributed by atoms with Crippen LogP contribution in [0.25, 0.3) is 0 Å². The third-order valence-electron chi connectivity index (χ3n) is 5.77. The van der Waals surface area contributed by atoms with Gasteiger partial charge in [0.25, 0.3) is 0 Å². The number of rotatable bonds is 15. The fourth-order valence-corrected chi connectivity index (χ4v) is 3.21. The van der Waals surface area contributed by atoms with Crippen molar-refractivity contribution in [2.45, 2.75) is 97.2 Å². The topological polar surface area (TPSA) is 31.0 Å². The molecule has 0 bridgehead atoms. The first-order valence-corrected chi connectivity index (χ1v) is 9.69. The Hall–Kier alpha value is -0.120. The molecule has 0 aromatic carbocycles. The van der Waals surface area contributed by atoms with Crippen LogP contribution in [-0.4, -0.2) is 38.6 Å². The zero-order valence-corrected chi connectivity index (χ0v) is 16.3. The van der Waals surface area contributed by atoms with Gasteiger partial charge < -0.3 is 14.2 Å². The Bertz CT molecular complexity index is 299. The highest BCUT2D eigenvalue weighted by atomic mass is 16.6. The summed E-state index contributed by atoms with van der Waals surface area (Å²) >= 11 is 0. The molecule has 3 heteroatoms. The van der Waals surface area contributed by atoms with Crippen molar-refractivity contribution >= 4 is 0 Å². The van der Waals surface area contributed by atoms with E-state index in [1.165, 1.54) is 44.9 Å². The van der Waals surface area contributed by atoms with Crippen molar-refractivity contribution in [3.05, 3.63) is 0 Å². The Morgan fingerprint density at radius 1 is 0.957 bits per heavy atom. The molecule has 2 unspecified atom stereocenters. The lowest BCUT2D eigenvalue weighted by Crippen LogP contribution is -2.43. The maximum absolute atomic E-state index is 5.84. The van der Waals surface area contributed by atoms with Crippen LogP contribution in [0, 0.1) is 5.41 Å². The molecule has 0 aromatic rings. The summed E-state index contributed by atoms with van der Waals surface area (Å²) in [5.41, 5.74) is 0.127. The molecule has 3 nitrogen and oxygen atoms in total. The van der Waals surface area contributed by atoms with E-state index in [0.29, 0.717) is 6.10 Å². The van der Waals surface area contributed by atoms with Gasteiger partial charge in [-0.2, -0.15) is 0 Å². The fraction of sp³-hybridized carbons (Fsp3) is 1.00. The van der Waals surface area contributed by atoms with Gasteiger partial charge in [-0.15, -0.1) is 0 Å². The molecule has 0 spiro atoms. The summed E-state index contributed by atoms with van der Waals surface area (Å²) < 4.78 is 16.7. The maximum atomic E-state index is 5.84. The van der Waals surface area contributed by atoms with E-state index in [1.807, 2.05) is 7.11 Å². The molecule has 0 N–H and O–H groups in total. The first kappa shape index (κ1) is 20.9. The van der Waals surface area contributed by atoms with Crippen molar-refractivity contribution in [2.24, 2.45) is 5.41 Å². The normalized spacial score (nSPS) is 20.5. The van der Waals surface area contributed by atoms with Gasteiger partial charge in [-0.3, -0.25) is 0 Å². The molecular formula is C20H40O3. The lowest BCUT2D eigenvalue weighted by Gasteiger charge is -2.44. The maximum Gasteiger partial charge on any atom is 0.104 e. The third-order valence-corrected chi connectivity index (χ3v) is 5.77. The van der Waals surface area contributed by atoms with E-state index in [1.54, 1.807) is 0 Å². The average molecular weight is 329 g/mol. The van der Waals surface area contributed by atoms with Gasteiger partial charge in [-0.1, -0.05) is 52.4 Å². The van der Waals surface area contributed by atoms with Crippen molar-refractivity contribution < 1.29 is 14.2 Å². The van der Waals surface area contributed by atoms with Crippen molar-refractivity contribution in [3.63, 3.8) is 0 Å². The fourth-order valence-electron chi connectivity index (χ4n) is 3.21. The van der Waals surface area contributed by atoms with Gasteiger partial charge in [0.2, 0.25) is 0 Å². The molecule has 23 heavy (non-hydrogen) atoms. The number of unbranched alkanes of at least 4 members (excludes halogenated alkanes) is 5. The third kappa shape index (κ3) is 8.00. The molecule has 1 fully saturated rings. The summed E-state index contributed by atoms with van der Waals surface area (Å²) in [6, 6.07) is 0. The molecule has 0 radical (unpaired) electrons. The van der Waals surface area contributed by atoms with Crippen molar-refractivity contribution in [1.82, 2.24) is 0 Å². The predicted octanol–water partition coefficient (Wildman–Crippen LogP) is 5.36. The van der Waals surface area contributed by atoms with Crippen LogP contribution in [0.15, 0.2) is 0 Å². The van der Waals surface area contributed by atoms with Gasteiger partial charge >= 0.3 is 0 Å². The van der Waals surface area contributed by atoms with Crippen LogP contribution in [0.5, 0.6) is 0 Å². The first-order chi connectivity index (χ1) is 10.9. The summed E-state index contributed by atoms with van der Waals surface area (Å²) in [6.45, 7) is 11.6. The molecule has 1 heterocycles. The minimum Gasteiger partial charge on any atom is -0.379 e. The van der Waals surface area contributed by atoms with Gasteiger partial charge in [0.15, 0.2) is 0 Å². The van der Waals surface area contributed by atoms with Crippen LogP contribution in [0.4, 0.5) is 0 Å². The molecule has 2 atom stereocenters. The quantitative estimate of drug-likeness (QED) is 0.299. The smallest absolute Gasteiger partial charge is 0.104 e. The monoisotopic (exact) mass is 328 g/mol. The minimum atomic E-state index is -0.0873. The highest BCUT2D eigenvalue weighted by Crippen LogP contribution is 2.42. The SMILES string of the molecule is CCCCCCCCC(C)(CCCOCC1CO1)C(C)(C)OC. The summed E-state index contributed by atoms with van der Waals surface area (Å²) in [5.74, 6) is 0. The number of methoxy groups -OCH3 is 1. The van der Waals surface area contributed by atoms with E-state index in [2.05, 4.69) is 27.7 Å². The zero-order chi connectivity index (χ0) is 17.2. The molecule has 0 saturated carbocycles. The summed E-state index contributed by atoms with van der Waals surface area (Å²) in [6.07, 6.45) is 12.0. The Morgan fingerprint density at radius 3 is 2.17 bits per heavy atom. The van der Waals surface area contributed by atoms with Gasteiger partial charge in [0.1, 0.15) is 6.10 Å². The largest absolute Gasteiger partial charge is 0.379 e. The van der Waals surface area contributed by atoms with Gasteiger partial charge in [0.05, 0.1) is 18.8 Å². The van der Waals surface area contributed by atoms with Crippen molar-refractivity contribution in [3.8, 4) is 0 Å². The summed E-state index contributed by atoms with van der Waals surface area (Å²) in [4.78, 5) is 0. The summed E-state index contributed by atoms with van der Waals surface area (Å²) in [7, 11) is 1.85. The lowest BCUT2D eigenvalue weighted by atomic mass is 9.69. The molecular weight excluding hydrogens is 288 g/mol. The van der Waals surface area contributed by atoms with E-state index >= 15 is 0 Å². The molecule has 0 amide bonds. The van der Waals surface area contributed by atoms with Crippen molar-refractivity contribution in [1.29, 1.82) is 0 Å². The molecule has 0 aliphatic carbocycles. The molecule has 1 aliphatic rings. The van der Waals surface area contributed by atoms with E-state index in [-0.39, 0.29) is 11.0 Å². The Balaban J connectivity index is 2.29. The standard InChI is InChI=1S/C20H40O3/c1-6-7-8-9-10-11-13-20(4,19(2,3)21-5)14-12-15-22-16-18-17-23-18/h18H,6-17H2,1-5H3. The molecule has 138 valence electrons. The lowest BCUT2D eigenvalue weighted by molar-refractivity contribution is -0.0910. The van der Waals surface area contributed by atoms with E-state index in [0.717, 1.165) is 32.7 Å². The molecule has 1 saturated heterocycles. The number of ether oxygens (including phenoxy) is 3. The number of epoxide rings is 1. The first-order valence-electron chi connectivity index (χ1n) is 9.69. The second-order valence-electron chi connectivity index (χ2n) is 7.93. The Morgan fingerprint density at radius 2 is 1.57 bits per heavy atom. The van der Waals surface area contributed by atoms with Crippen LogP contribution in [0.1, 0.15) is 85.5 Å². The second-order valence-corrected chi connectivity index (χ2v) is 7.93. The number of hydrogen-bond acceptors (Lipinski definition) is 3. The molecule has 0 aromatic heterocycles. The van der Waals surface area contributed by atoms with Crippen LogP contribution >= 0.6 is 0 Å². The van der Waals surface area contributed by atoms with Gasteiger partial charge in [0, 0.05) is 13.7 Å². The van der Waals surface area contributed by atoms with Gasteiger partial charge in [-0.25, -0.2) is 0 Å².